The van der Waals surface area contributed by atoms with Crippen LogP contribution in [0.3, 0.4) is 0 Å². The summed E-state index contributed by atoms with van der Waals surface area (Å²) in [4.78, 5) is 28.8. The number of allylic oxidation sites excluding steroid dienone is 2. The number of cyclic esters (lactones) is 1. The number of aromatic nitrogens is 1. The second kappa shape index (κ2) is 12.3. The van der Waals surface area contributed by atoms with Gasteiger partial charge in [0.15, 0.2) is 5.78 Å². The van der Waals surface area contributed by atoms with E-state index in [2.05, 4.69) is 18.8 Å². The fraction of sp³-hybridized carbons (Fsp3) is 0.469. The van der Waals surface area contributed by atoms with E-state index >= 15 is 0 Å². The number of nitrogens with zero attached hydrogens (tertiary/aromatic N) is 1. The number of aliphatic hydroxyl groups is 1. The summed E-state index contributed by atoms with van der Waals surface area (Å²) < 4.78 is 25.4. The van der Waals surface area contributed by atoms with Gasteiger partial charge in [0.05, 0.1) is 18.6 Å². The van der Waals surface area contributed by atoms with Crippen molar-refractivity contribution >= 4 is 17.3 Å². The first-order valence-corrected chi connectivity index (χ1v) is 13.7. The van der Waals surface area contributed by atoms with Crippen molar-refractivity contribution in [3.05, 3.63) is 82.5 Å². The fourth-order valence-corrected chi connectivity index (χ4v) is 5.62. The summed E-state index contributed by atoms with van der Waals surface area (Å²) in [5.41, 5.74) is 5.12. The molecule has 7 heteroatoms. The number of Topliss-reactive ketones (excluding diaryl/α,β-unsaturated/α-hetero) is 1. The van der Waals surface area contributed by atoms with Crippen LogP contribution >= 0.6 is 0 Å². The van der Waals surface area contributed by atoms with Crippen LogP contribution in [0.5, 0.6) is 0 Å². The summed E-state index contributed by atoms with van der Waals surface area (Å²) in [7, 11) is 0. The lowest BCUT2D eigenvalue weighted by atomic mass is 9.69. The van der Waals surface area contributed by atoms with E-state index in [4.69, 9.17) is 9.47 Å². The Morgan fingerprint density at radius 3 is 2.54 bits per heavy atom. The number of ether oxygens (including phenoxy) is 2. The van der Waals surface area contributed by atoms with Gasteiger partial charge in [-0.15, -0.1) is 0 Å². The number of rotatable bonds is 9. The number of halogens is 1. The van der Waals surface area contributed by atoms with Gasteiger partial charge in [0.1, 0.15) is 11.9 Å². The molecule has 0 amide bonds. The van der Waals surface area contributed by atoms with Gasteiger partial charge < -0.3 is 14.6 Å². The van der Waals surface area contributed by atoms with Crippen LogP contribution in [0.15, 0.2) is 54.1 Å². The Hall–Kier alpha value is -3.16. The minimum absolute atomic E-state index is 0.0197. The van der Waals surface area contributed by atoms with Crippen molar-refractivity contribution in [1.29, 1.82) is 0 Å². The molecule has 1 aliphatic heterocycles. The number of aliphatic hydroxyl groups excluding tert-OH is 1. The molecule has 1 aromatic carbocycles. The SMILES string of the molecule is Cc1cc(C(=O)CCCOC2CC(c3ccc(F)cc3)=C(/C=C/[C@@H]3C[C@@H](O)CC(=O)O3)C(C)(C)C2)cc(C)n1. The summed E-state index contributed by atoms with van der Waals surface area (Å²) in [6, 6.07) is 10.1. The van der Waals surface area contributed by atoms with Crippen molar-refractivity contribution in [2.45, 2.75) is 84.5 Å². The molecule has 1 aromatic heterocycles. The Morgan fingerprint density at radius 2 is 1.87 bits per heavy atom. The zero-order valence-electron chi connectivity index (χ0n) is 23.2. The normalized spacial score (nSPS) is 23.2. The topological polar surface area (TPSA) is 85.7 Å². The Labute approximate surface area is 229 Å². The number of ketones is 1. The molecule has 39 heavy (non-hydrogen) atoms. The lowest BCUT2D eigenvalue weighted by Crippen LogP contribution is -2.32. The highest BCUT2D eigenvalue weighted by molar-refractivity contribution is 5.96. The van der Waals surface area contributed by atoms with Gasteiger partial charge >= 0.3 is 5.97 Å². The van der Waals surface area contributed by atoms with Crippen molar-refractivity contribution in [2.75, 3.05) is 6.61 Å². The second-order valence-electron chi connectivity index (χ2n) is 11.3. The maximum Gasteiger partial charge on any atom is 0.309 e. The van der Waals surface area contributed by atoms with Crippen molar-refractivity contribution < 1.29 is 28.6 Å². The van der Waals surface area contributed by atoms with Crippen LogP contribution in [0.4, 0.5) is 4.39 Å². The number of hydrogen-bond acceptors (Lipinski definition) is 6. The molecular weight excluding hydrogens is 497 g/mol. The number of carbonyl (C=O) groups excluding carboxylic acids is 2. The molecule has 1 fully saturated rings. The summed E-state index contributed by atoms with van der Waals surface area (Å²) >= 11 is 0. The Kier molecular flexibility index (Phi) is 9.13. The standard InChI is InChI=1S/C32H38FNO5/c1-20-14-23(15-21(2)34-20)30(36)6-5-13-38-27-18-28(22-7-9-24(33)10-8-22)29(32(3,4)19-27)12-11-26-16-25(35)17-31(37)39-26/h7-12,14-15,25-27,35H,5-6,13,16-19H2,1-4H3/b12-11+/t25-,26-,27?/m1/s1. The molecule has 2 aliphatic rings. The first-order valence-electron chi connectivity index (χ1n) is 13.7. The molecule has 0 radical (unpaired) electrons. The highest BCUT2D eigenvalue weighted by atomic mass is 19.1. The van der Waals surface area contributed by atoms with Crippen molar-refractivity contribution in [3.8, 4) is 0 Å². The third-order valence-electron chi connectivity index (χ3n) is 7.39. The van der Waals surface area contributed by atoms with Crippen molar-refractivity contribution in [2.24, 2.45) is 5.41 Å². The molecular formula is C32H38FNO5. The number of pyridine rings is 1. The molecule has 0 bridgehead atoms. The lowest BCUT2D eigenvalue weighted by molar-refractivity contribution is -0.156. The van der Waals surface area contributed by atoms with E-state index in [0.717, 1.165) is 34.5 Å². The van der Waals surface area contributed by atoms with E-state index in [0.29, 0.717) is 37.9 Å². The van der Waals surface area contributed by atoms with Gasteiger partial charge in [0.2, 0.25) is 0 Å². The fourth-order valence-electron chi connectivity index (χ4n) is 5.62. The van der Waals surface area contributed by atoms with Gasteiger partial charge in [-0.3, -0.25) is 14.6 Å². The van der Waals surface area contributed by atoms with E-state index < -0.39 is 18.2 Å². The molecule has 2 heterocycles. The number of aryl methyl sites for hydroxylation is 2. The highest BCUT2D eigenvalue weighted by Gasteiger charge is 2.35. The number of benzene rings is 1. The third kappa shape index (κ3) is 7.70. The number of hydrogen-bond donors (Lipinski definition) is 1. The zero-order valence-corrected chi connectivity index (χ0v) is 23.2. The molecule has 0 spiro atoms. The molecule has 1 saturated heterocycles. The second-order valence-corrected chi connectivity index (χ2v) is 11.3. The van der Waals surface area contributed by atoms with E-state index in [1.807, 2.05) is 38.1 Å². The molecule has 3 atom stereocenters. The van der Waals surface area contributed by atoms with Gasteiger partial charge in [0, 0.05) is 36.4 Å². The summed E-state index contributed by atoms with van der Waals surface area (Å²) in [5.74, 6) is -0.615. The average Bonchev–Trinajstić information content (AvgIpc) is 2.84. The average molecular weight is 536 g/mol. The summed E-state index contributed by atoms with van der Waals surface area (Å²) in [6.07, 6.45) is 5.38. The van der Waals surface area contributed by atoms with Gasteiger partial charge in [-0.1, -0.05) is 32.1 Å². The number of carbonyl (C=O) groups is 2. The summed E-state index contributed by atoms with van der Waals surface area (Å²) in [6.45, 7) is 8.53. The largest absolute Gasteiger partial charge is 0.458 e. The van der Waals surface area contributed by atoms with Gasteiger partial charge in [-0.25, -0.2) is 4.39 Å². The molecule has 208 valence electrons. The molecule has 1 unspecified atom stereocenters. The first kappa shape index (κ1) is 28.8. The number of esters is 1. The molecule has 6 nitrogen and oxygen atoms in total. The van der Waals surface area contributed by atoms with Gasteiger partial charge in [-0.05, 0) is 85.6 Å². The van der Waals surface area contributed by atoms with Crippen molar-refractivity contribution in [3.63, 3.8) is 0 Å². The lowest BCUT2D eigenvalue weighted by Gasteiger charge is -2.39. The van der Waals surface area contributed by atoms with Crippen molar-refractivity contribution in [1.82, 2.24) is 4.98 Å². The minimum atomic E-state index is -0.706. The van der Waals surface area contributed by atoms with Crippen LogP contribution in [0.2, 0.25) is 0 Å². The summed E-state index contributed by atoms with van der Waals surface area (Å²) in [5, 5.41) is 9.98. The van der Waals surface area contributed by atoms with E-state index in [1.54, 1.807) is 12.1 Å². The Morgan fingerprint density at radius 1 is 1.18 bits per heavy atom. The first-order chi connectivity index (χ1) is 18.5. The molecule has 4 rings (SSSR count). The van der Waals surface area contributed by atoms with Crippen LogP contribution in [0.25, 0.3) is 5.57 Å². The Balaban J connectivity index is 1.47. The zero-order chi connectivity index (χ0) is 28.2. The monoisotopic (exact) mass is 535 g/mol. The Bertz CT molecular complexity index is 1240. The third-order valence-corrected chi connectivity index (χ3v) is 7.39. The minimum Gasteiger partial charge on any atom is -0.458 e. The maximum absolute atomic E-state index is 13.7. The van der Waals surface area contributed by atoms with Gasteiger partial charge in [0.25, 0.3) is 0 Å². The maximum atomic E-state index is 13.7. The van der Waals surface area contributed by atoms with E-state index in [1.165, 1.54) is 12.1 Å². The van der Waals surface area contributed by atoms with E-state index in [9.17, 15) is 19.1 Å². The van der Waals surface area contributed by atoms with Crippen LogP contribution in [0.1, 0.15) is 79.7 Å². The highest BCUT2D eigenvalue weighted by Crippen LogP contribution is 2.46. The quantitative estimate of drug-likeness (QED) is 0.238. The smallest absolute Gasteiger partial charge is 0.309 e. The predicted octanol–water partition coefficient (Wildman–Crippen LogP) is 6.08. The van der Waals surface area contributed by atoms with Crippen LogP contribution in [-0.2, 0) is 14.3 Å². The van der Waals surface area contributed by atoms with Crippen LogP contribution in [0, 0.1) is 25.1 Å². The van der Waals surface area contributed by atoms with Crippen LogP contribution < -0.4 is 0 Å². The van der Waals surface area contributed by atoms with Gasteiger partial charge in [-0.2, -0.15) is 0 Å². The van der Waals surface area contributed by atoms with E-state index in [-0.39, 0.29) is 29.5 Å². The molecule has 1 aliphatic carbocycles. The molecule has 2 aromatic rings. The van der Waals surface area contributed by atoms with Crippen LogP contribution in [-0.4, -0.2) is 46.8 Å². The molecule has 0 saturated carbocycles. The molecule has 1 N–H and O–H groups in total. The predicted molar refractivity (Wildman–Crippen MR) is 148 cm³/mol.